The molecule has 35 heavy (non-hydrogen) atoms. The number of hydrogen-bond acceptors (Lipinski definition) is 6. The average molecular weight is 584 g/mol. The number of thiazole rings is 1. The SMILES string of the molecule is CCN(CC)CCN(C(=O)C1CCCN1S(=O)(=O)c1ccc(F)cc1)c1nc2ccc(Br)cc2s1. The van der Waals surface area contributed by atoms with Gasteiger partial charge in [0.25, 0.3) is 0 Å². The molecule has 1 aliphatic heterocycles. The molecule has 0 spiro atoms. The first-order valence-electron chi connectivity index (χ1n) is 11.6. The minimum atomic E-state index is -3.95. The normalized spacial score (nSPS) is 16.9. The average Bonchev–Trinajstić information content (AvgIpc) is 3.49. The molecule has 1 amide bonds. The van der Waals surface area contributed by atoms with E-state index in [9.17, 15) is 17.6 Å². The van der Waals surface area contributed by atoms with Crippen LogP contribution in [0.5, 0.6) is 0 Å². The summed E-state index contributed by atoms with van der Waals surface area (Å²) in [7, 11) is -3.95. The third kappa shape index (κ3) is 5.59. The lowest BCUT2D eigenvalue weighted by Gasteiger charge is -2.30. The summed E-state index contributed by atoms with van der Waals surface area (Å²) in [5, 5.41) is 0.557. The Morgan fingerprint density at radius 1 is 1.17 bits per heavy atom. The van der Waals surface area contributed by atoms with Crippen molar-refractivity contribution >= 4 is 58.5 Å². The molecule has 1 unspecified atom stereocenters. The highest BCUT2D eigenvalue weighted by Crippen LogP contribution is 2.33. The number of amides is 1. The second-order valence-corrected chi connectivity index (χ2v) is 12.2. The van der Waals surface area contributed by atoms with Crippen LogP contribution in [0.3, 0.4) is 0 Å². The zero-order chi connectivity index (χ0) is 25.2. The van der Waals surface area contributed by atoms with Crippen molar-refractivity contribution in [3.63, 3.8) is 0 Å². The van der Waals surface area contributed by atoms with Gasteiger partial charge in [0.05, 0.1) is 15.1 Å². The Labute approximate surface area is 217 Å². The van der Waals surface area contributed by atoms with E-state index in [2.05, 4.69) is 34.7 Å². The molecule has 4 rings (SSSR count). The fraction of sp³-hybridized carbons (Fsp3) is 0.417. The van der Waals surface area contributed by atoms with Gasteiger partial charge in [-0.25, -0.2) is 17.8 Å². The van der Waals surface area contributed by atoms with E-state index >= 15 is 0 Å². The Bertz CT molecular complexity index is 1300. The number of hydrogen-bond donors (Lipinski definition) is 0. The molecular weight excluding hydrogens is 555 g/mol. The van der Waals surface area contributed by atoms with Crippen LogP contribution in [0.15, 0.2) is 51.8 Å². The first-order valence-corrected chi connectivity index (χ1v) is 14.7. The summed E-state index contributed by atoms with van der Waals surface area (Å²) in [5.74, 6) is -0.790. The Morgan fingerprint density at radius 3 is 2.57 bits per heavy atom. The smallest absolute Gasteiger partial charge is 0.247 e. The Hall–Kier alpha value is -1.92. The first kappa shape index (κ1) is 26.2. The highest BCUT2D eigenvalue weighted by atomic mass is 79.9. The van der Waals surface area contributed by atoms with Crippen LogP contribution < -0.4 is 4.90 Å². The lowest BCUT2D eigenvalue weighted by molar-refractivity contribution is -0.121. The van der Waals surface area contributed by atoms with E-state index in [1.54, 1.807) is 4.90 Å². The Morgan fingerprint density at radius 2 is 1.89 bits per heavy atom. The van der Waals surface area contributed by atoms with Gasteiger partial charge in [0.15, 0.2) is 5.13 Å². The molecule has 2 aromatic carbocycles. The van der Waals surface area contributed by atoms with Gasteiger partial charge in [-0.05, 0) is 68.4 Å². The summed E-state index contributed by atoms with van der Waals surface area (Å²) < 4.78 is 43.2. The molecular formula is C24H28BrFN4O3S2. The molecule has 188 valence electrons. The van der Waals surface area contributed by atoms with Crippen LogP contribution in [-0.2, 0) is 14.8 Å². The van der Waals surface area contributed by atoms with E-state index in [0.717, 1.165) is 39.9 Å². The molecule has 0 aliphatic carbocycles. The number of rotatable bonds is 9. The molecule has 1 atom stereocenters. The van der Waals surface area contributed by atoms with Crippen molar-refractivity contribution in [1.82, 2.24) is 14.2 Å². The summed E-state index contributed by atoms with van der Waals surface area (Å²) in [5.41, 5.74) is 0.788. The first-order chi connectivity index (χ1) is 16.7. The second kappa shape index (κ2) is 11.0. The molecule has 7 nitrogen and oxygen atoms in total. The number of anilines is 1. The lowest BCUT2D eigenvalue weighted by atomic mass is 10.2. The highest BCUT2D eigenvalue weighted by molar-refractivity contribution is 9.10. The van der Waals surface area contributed by atoms with E-state index in [1.165, 1.54) is 27.8 Å². The van der Waals surface area contributed by atoms with Gasteiger partial charge in [-0.3, -0.25) is 9.69 Å². The van der Waals surface area contributed by atoms with Crippen LogP contribution in [0, 0.1) is 5.82 Å². The van der Waals surface area contributed by atoms with Crippen LogP contribution in [0.2, 0.25) is 0 Å². The van der Waals surface area contributed by atoms with Crippen LogP contribution in [0.1, 0.15) is 26.7 Å². The summed E-state index contributed by atoms with van der Waals surface area (Å²) in [6.45, 7) is 7.13. The van der Waals surface area contributed by atoms with Crippen molar-refractivity contribution in [2.75, 3.05) is 37.6 Å². The predicted octanol–water partition coefficient (Wildman–Crippen LogP) is 4.73. The summed E-state index contributed by atoms with van der Waals surface area (Å²) in [6.07, 6.45) is 1.00. The molecule has 0 N–H and O–H groups in total. The minimum Gasteiger partial charge on any atom is -0.302 e. The number of aromatic nitrogens is 1. The number of fused-ring (bicyclic) bond motifs is 1. The molecule has 1 aliphatic rings. The molecule has 3 aromatic rings. The Balaban J connectivity index is 1.67. The van der Waals surface area contributed by atoms with E-state index in [1.807, 2.05) is 18.2 Å². The maximum absolute atomic E-state index is 13.9. The molecule has 1 aromatic heterocycles. The van der Waals surface area contributed by atoms with E-state index in [0.29, 0.717) is 31.1 Å². The third-order valence-corrected chi connectivity index (χ3v) is 9.74. The predicted molar refractivity (Wildman–Crippen MR) is 141 cm³/mol. The van der Waals surface area contributed by atoms with Gasteiger partial charge in [0.1, 0.15) is 11.9 Å². The standard InChI is InChI=1S/C24H28BrFN4O3S2/c1-3-28(4-2)14-15-29(24-27-20-12-7-17(25)16-22(20)34-24)23(31)21-6-5-13-30(21)35(32,33)19-10-8-18(26)9-11-19/h7-12,16,21H,3-6,13-15H2,1-2H3. The molecule has 1 saturated heterocycles. The highest BCUT2D eigenvalue weighted by Gasteiger charge is 2.42. The van der Waals surface area contributed by atoms with Gasteiger partial charge >= 0.3 is 0 Å². The fourth-order valence-electron chi connectivity index (χ4n) is 4.28. The van der Waals surface area contributed by atoms with Crippen LogP contribution in [0.4, 0.5) is 9.52 Å². The lowest BCUT2D eigenvalue weighted by Crippen LogP contribution is -2.49. The van der Waals surface area contributed by atoms with Crippen LogP contribution >= 0.6 is 27.3 Å². The number of sulfonamides is 1. The van der Waals surface area contributed by atoms with Gasteiger partial charge in [-0.2, -0.15) is 4.31 Å². The number of halogens is 2. The number of benzene rings is 2. The fourth-order valence-corrected chi connectivity index (χ4v) is 7.48. The Kier molecular flexibility index (Phi) is 8.22. The van der Waals surface area contributed by atoms with E-state index < -0.39 is 21.9 Å². The van der Waals surface area contributed by atoms with Crippen molar-refractivity contribution in [3.8, 4) is 0 Å². The van der Waals surface area contributed by atoms with Crippen molar-refractivity contribution < 1.29 is 17.6 Å². The topological polar surface area (TPSA) is 73.8 Å². The zero-order valence-corrected chi connectivity index (χ0v) is 22.9. The molecule has 0 radical (unpaired) electrons. The number of carbonyl (C=O) groups excluding carboxylic acids is 1. The third-order valence-electron chi connectivity index (χ3n) is 6.28. The van der Waals surface area contributed by atoms with Crippen LogP contribution in [0.25, 0.3) is 10.2 Å². The van der Waals surface area contributed by atoms with E-state index in [4.69, 9.17) is 4.98 Å². The summed E-state index contributed by atoms with van der Waals surface area (Å²) in [6, 6.07) is 9.66. The maximum Gasteiger partial charge on any atom is 0.247 e. The minimum absolute atomic E-state index is 0.0156. The number of carbonyl (C=O) groups is 1. The van der Waals surface area contributed by atoms with E-state index in [-0.39, 0.29) is 17.3 Å². The number of likely N-dealkylation sites (N-methyl/N-ethyl adjacent to an activating group) is 1. The molecule has 1 fully saturated rings. The van der Waals surface area contributed by atoms with Crippen molar-refractivity contribution in [2.45, 2.75) is 37.6 Å². The summed E-state index contributed by atoms with van der Waals surface area (Å²) >= 11 is 4.90. The van der Waals surface area contributed by atoms with Gasteiger partial charge in [0.2, 0.25) is 15.9 Å². The van der Waals surface area contributed by atoms with Crippen molar-refractivity contribution in [2.24, 2.45) is 0 Å². The largest absolute Gasteiger partial charge is 0.302 e. The monoisotopic (exact) mass is 582 g/mol. The molecule has 11 heteroatoms. The summed E-state index contributed by atoms with van der Waals surface area (Å²) in [4.78, 5) is 22.5. The van der Waals surface area contributed by atoms with Crippen LogP contribution in [-0.4, -0.2) is 67.3 Å². The molecule has 0 saturated carbocycles. The van der Waals surface area contributed by atoms with Gasteiger partial charge in [0, 0.05) is 24.1 Å². The molecule has 0 bridgehead atoms. The van der Waals surface area contributed by atoms with Gasteiger partial charge in [-0.1, -0.05) is 41.1 Å². The van der Waals surface area contributed by atoms with Crippen molar-refractivity contribution in [1.29, 1.82) is 0 Å². The molecule has 2 heterocycles. The second-order valence-electron chi connectivity index (χ2n) is 8.35. The van der Waals surface area contributed by atoms with Crippen molar-refractivity contribution in [3.05, 3.63) is 52.8 Å². The quantitative estimate of drug-likeness (QED) is 0.365. The van der Waals surface area contributed by atoms with Gasteiger partial charge < -0.3 is 4.90 Å². The maximum atomic E-state index is 13.9. The number of nitrogens with zero attached hydrogens (tertiary/aromatic N) is 4. The van der Waals surface area contributed by atoms with Gasteiger partial charge in [-0.15, -0.1) is 0 Å². The zero-order valence-electron chi connectivity index (χ0n) is 19.7.